The molecule has 0 saturated heterocycles. The lowest BCUT2D eigenvalue weighted by atomic mass is 10.2. The van der Waals surface area contributed by atoms with Crippen LogP contribution >= 0.6 is 23.1 Å². The van der Waals surface area contributed by atoms with Gasteiger partial charge in [0.2, 0.25) is 0 Å². The molecule has 1 heterocycles. The Morgan fingerprint density at radius 3 is 2.90 bits per heavy atom. The molecule has 0 aliphatic rings. The number of benzene rings is 1. The lowest BCUT2D eigenvalue weighted by Gasteiger charge is -2.15. The SMILES string of the molecule is CCC(CSC)NC(=O)c1sc2cc(OC)ccc2c1N. The maximum Gasteiger partial charge on any atom is 0.263 e. The van der Waals surface area contributed by atoms with E-state index in [4.69, 9.17) is 10.5 Å². The molecule has 0 fully saturated rings. The predicted molar refractivity (Wildman–Crippen MR) is 92.7 cm³/mol. The van der Waals surface area contributed by atoms with Crippen molar-refractivity contribution in [2.75, 3.05) is 24.9 Å². The molecule has 0 spiro atoms. The average Bonchev–Trinajstić information content (AvgIpc) is 2.83. The maximum absolute atomic E-state index is 12.4. The second-order valence-electron chi connectivity index (χ2n) is 4.74. The number of thioether (sulfide) groups is 1. The number of fused-ring (bicyclic) bond motifs is 1. The fraction of sp³-hybridized carbons (Fsp3) is 0.400. The van der Waals surface area contributed by atoms with Gasteiger partial charge in [0.05, 0.1) is 12.8 Å². The molecular weight excluding hydrogens is 304 g/mol. The van der Waals surface area contributed by atoms with Crippen molar-refractivity contribution < 1.29 is 9.53 Å². The quantitative estimate of drug-likeness (QED) is 0.855. The van der Waals surface area contributed by atoms with E-state index < -0.39 is 0 Å². The standard InChI is InChI=1S/C15H20N2O2S2/c1-4-9(8-20-3)17-15(18)14-13(16)11-6-5-10(19-2)7-12(11)21-14/h5-7,9H,4,8,16H2,1-3H3,(H,17,18). The Hall–Kier alpha value is -1.40. The first-order chi connectivity index (χ1) is 10.1. The Labute approximate surface area is 133 Å². The third-order valence-corrected chi connectivity index (χ3v) is 5.24. The highest BCUT2D eigenvalue weighted by atomic mass is 32.2. The highest BCUT2D eigenvalue weighted by molar-refractivity contribution is 7.98. The van der Waals surface area contributed by atoms with Crippen LogP contribution in [0.4, 0.5) is 5.69 Å². The van der Waals surface area contributed by atoms with E-state index in [2.05, 4.69) is 12.2 Å². The molecule has 21 heavy (non-hydrogen) atoms. The second-order valence-corrected chi connectivity index (χ2v) is 6.70. The number of thiophene rings is 1. The van der Waals surface area contributed by atoms with Gasteiger partial charge in [-0.05, 0) is 30.9 Å². The fourth-order valence-corrected chi connectivity index (χ4v) is 3.88. The molecule has 1 aromatic heterocycles. The Morgan fingerprint density at radius 2 is 2.29 bits per heavy atom. The van der Waals surface area contributed by atoms with Crippen LogP contribution in [0, 0.1) is 0 Å². The minimum absolute atomic E-state index is 0.0893. The van der Waals surface area contributed by atoms with Crippen molar-refractivity contribution in [3.63, 3.8) is 0 Å². The first-order valence-electron chi connectivity index (χ1n) is 6.76. The molecule has 2 aromatic rings. The molecule has 1 aromatic carbocycles. The van der Waals surface area contributed by atoms with Crippen molar-refractivity contribution in [3.05, 3.63) is 23.1 Å². The molecule has 2 rings (SSSR count). The van der Waals surface area contributed by atoms with E-state index >= 15 is 0 Å². The summed E-state index contributed by atoms with van der Waals surface area (Å²) in [5.74, 6) is 1.58. The van der Waals surface area contributed by atoms with Gasteiger partial charge in [0.25, 0.3) is 5.91 Å². The van der Waals surface area contributed by atoms with Gasteiger partial charge < -0.3 is 15.8 Å². The van der Waals surface area contributed by atoms with E-state index in [1.165, 1.54) is 11.3 Å². The van der Waals surface area contributed by atoms with E-state index in [1.807, 2.05) is 24.5 Å². The van der Waals surface area contributed by atoms with Crippen LogP contribution in [0.15, 0.2) is 18.2 Å². The largest absolute Gasteiger partial charge is 0.497 e. The number of anilines is 1. The first-order valence-corrected chi connectivity index (χ1v) is 8.97. The first kappa shape index (κ1) is 16.0. The lowest BCUT2D eigenvalue weighted by Crippen LogP contribution is -2.36. The van der Waals surface area contributed by atoms with Gasteiger partial charge in [-0.25, -0.2) is 0 Å². The van der Waals surface area contributed by atoms with Crippen LogP contribution in [0.1, 0.15) is 23.0 Å². The van der Waals surface area contributed by atoms with E-state index in [1.54, 1.807) is 18.9 Å². The Kier molecular flexibility index (Phi) is 5.36. The zero-order valence-electron chi connectivity index (χ0n) is 12.4. The third kappa shape index (κ3) is 3.44. The Bertz CT molecular complexity index is 640. The van der Waals surface area contributed by atoms with Gasteiger partial charge in [-0.15, -0.1) is 11.3 Å². The number of hydrogen-bond acceptors (Lipinski definition) is 5. The average molecular weight is 324 g/mol. The van der Waals surface area contributed by atoms with Crippen LogP contribution in [0.25, 0.3) is 10.1 Å². The molecule has 1 atom stereocenters. The van der Waals surface area contributed by atoms with E-state index in [-0.39, 0.29) is 11.9 Å². The number of carbonyl (C=O) groups excluding carboxylic acids is 1. The van der Waals surface area contributed by atoms with Gasteiger partial charge in [-0.1, -0.05) is 6.92 Å². The summed E-state index contributed by atoms with van der Waals surface area (Å²) < 4.78 is 6.18. The van der Waals surface area contributed by atoms with E-state index in [0.717, 1.165) is 28.0 Å². The van der Waals surface area contributed by atoms with Gasteiger partial charge in [-0.3, -0.25) is 4.79 Å². The number of methoxy groups -OCH3 is 1. The summed E-state index contributed by atoms with van der Waals surface area (Å²) in [7, 11) is 1.63. The van der Waals surface area contributed by atoms with Gasteiger partial charge in [-0.2, -0.15) is 11.8 Å². The second kappa shape index (κ2) is 7.04. The normalized spacial score (nSPS) is 12.3. The third-order valence-electron chi connectivity index (χ3n) is 3.34. The zero-order chi connectivity index (χ0) is 15.4. The highest BCUT2D eigenvalue weighted by Gasteiger charge is 2.19. The van der Waals surface area contributed by atoms with Crippen LogP contribution in [-0.4, -0.2) is 31.1 Å². The van der Waals surface area contributed by atoms with Gasteiger partial charge in [0, 0.05) is 21.9 Å². The molecule has 1 amide bonds. The van der Waals surface area contributed by atoms with Crippen molar-refractivity contribution in [2.24, 2.45) is 0 Å². The number of nitrogen functional groups attached to an aromatic ring is 1. The smallest absolute Gasteiger partial charge is 0.263 e. The minimum Gasteiger partial charge on any atom is -0.497 e. The summed E-state index contributed by atoms with van der Waals surface area (Å²) in [6.45, 7) is 2.07. The summed E-state index contributed by atoms with van der Waals surface area (Å²) in [6.07, 6.45) is 2.94. The van der Waals surface area contributed by atoms with Crippen molar-refractivity contribution >= 4 is 44.8 Å². The molecular formula is C15H20N2O2S2. The Morgan fingerprint density at radius 1 is 1.52 bits per heavy atom. The zero-order valence-corrected chi connectivity index (χ0v) is 14.1. The summed E-state index contributed by atoms with van der Waals surface area (Å²) in [4.78, 5) is 13.0. The van der Waals surface area contributed by atoms with Crippen LogP contribution in [0.2, 0.25) is 0 Å². The molecule has 0 radical (unpaired) electrons. The number of carbonyl (C=O) groups is 1. The minimum atomic E-state index is -0.0893. The molecule has 4 nitrogen and oxygen atoms in total. The highest BCUT2D eigenvalue weighted by Crippen LogP contribution is 2.35. The van der Waals surface area contributed by atoms with E-state index in [9.17, 15) is 4.79 Å². The van der Waals surface area contributed by atoms with Crippen molar-refractivity contribution in [1.29, 1.82) is 0 Å². The number of amides is 1. The molecule has 114 valence electrons. The van der Waals surface area contributed by atoms with Crippen molar-refractivity contribution in [3.8, 4) is 5.75 Å². The van der Waals surface area contributed by atoms with Gasteiger partial charge in [0.1, 0.15) is 10.6 Å². The maximum atomic E-state index is 12.4. The monoisotopic (exact) mass is 324 g/mol. The Balaban J connectivity index is 2.28. The van der Waals surface area contributed by atoms with Crippen LogP contribution in [-0.2, 0) is 0 Å². The molecule has 1 unspecified atom stereocenters. The van der Waals surface area contributed by atoms with Gasteiger partial charge in [0.15, 0.2) is 0 Å². The van der Waals surface area contributed by atoms with Crippen LogP contribution in [0.3, 0.4) is 0 Å². The summed E-state index contributed by atoms with van der Waals surface area (Å²) >= 11 is 3.13. The number of nitrogens with one attached hydrogen (secondary N) is 1. The number of nitrogens with two attached hydrogens (primary N) is 1. The molecule has 6 heteroatoms. The topological polar surface area (TPSA) is 64.3 Å². The van der Waals surface area contributed by atoms with Crippen molar-refractivity contribution in [2.45, 2.75) is 19.4 Å². The summed E-state index contributed by atoms with van der Waals surface area (Å²) in [5, 5.41) is 3.96. The fourth-order valence-electron chi connectivity index (χ4n) is 2.11. The van der Waals surface area contributed by atoms with Crippen LogP contribution in [0.5, 0.6) is 5.75 Å². The number of rotatable bonds is 6. The van der Waals surface area contributed by atoms with Crippen molar-refractivity contribution in [1.82, 2.24) is 5.32 Å². The number of ether oxygens (including phenoxy) is 1. The molecule has 0 bridgehead atoms. The lowest BCUT2D eigenvalue weighted by molar-refractivity contribution is 0.0945. The van der Waals surface area contributed by atoms with Gasteiger partial charge >= 0.3 is 0 Å². The summed E-state index contributed by atoms with van der Waals surface area (Å²) in [5.41, 5.74) is 6.68. The molecule has 3 N–H and O–H groups in total. The summed E-state index contributed by atoms with van der Waals surface area (Å²) in [6, 6.07) is 5.84. The molecule has 0 aliphatic heterocycles. The van der Waals surface area contributed by atoms with E-state index in [0.29, 0.717) is 10.6 Å². The number of hydrogen-bond donors (Lipinski definition) is 2. The molecule has 0 saturated carbocycles. The predicted octanol–water partition coefficient (Wildman–Crippen LogP) is 3.36. The molecule has 0 aliphatic carbocycles. The van der Waals surface area contributed by atoms with Crippen LogP contribution < -0.4 is 15.8 Å².